The van der Waals surface area contributed by atoms with Gasteiger partial charge in [0.05, 0.1) is 22.2 Å². The molecule has 17 nitrogen and oxygen atoms in total. The number of carbonyl (C=O) groups is 7. The lowest BCUT2D eigenvalue weighted by atomic mass is 10.0. The maximum Gasteiger partial charge on any atom is 0.408 e. The molecule has 19 heteroatoms. The summed E-state index contributed by atoms with van der Waals surface area (Å²) in [5, 5.41) is 26.3. The van der Waals surface area contributed by atoms with E-state index in [1.54, 1.807) is 75.5 Å². The van der Waals surface area contributed by atoms with E-state index in [2.05, 4.69) is 36.9 Å². The van der Waals surface area contributed by atoms with E-state index in [9.17, 15) is 38.7 Å². The number of benzene rings is 3. The Balaban J connectivity index is 1.54. The summed E-state index contributed by atoms with van der Waals surface area (Å²) in [5.74, 6) is -5.06. The largest absolute Gasteiger partial charge is 0.481 e. The van der Waals surface area contributed by atoms with Crippen molar-refractivity contribution >= 4 is 81.5 Å². The van der Waals surface area contributed by atoms with Crippen molar-refractivity contribution in [2.24, 2.45) is 5.73 Å². The number of primary amides is 1. The Bertz CT molecular complexity index is 2180. The average Bonchev–Trinajstić information content (AvgIpc) is 3.59. The molecule has 0 aliphatic heterocycles. The third-order valence-electron chi connectivity index (χ3n) is 9.10. The maximum atomic E-state index is 14.1. The number of nitrogens with one attached hydrogen (secondary N) is 7. The highest BCUT2D eigenvalue weighted by molar-refractivity contribution is 6.39. The van der Waals surface area contributed by atoms with Gasteiger partial charge in [-0.3, -0.25) is 24.0 Å². The number of aliphatic carboxylic acids is 1. The predicted molar refractivity (Wildman–Crippen MR) is 230 cm³/mol. The number of aromatic amines is 1. The van der Waals surface area contributed by atoms with Crippen molar-refractivity contribution in [1.29, 1.82) is 0 Å². The molecule has 0 radical (unpaired) electrons. The molecule has 0 saturated carbocycles. The fourth-order valence-electron chi connectivity index (χ4n) is 6.17. The van der Waals surface area contributed by atoms with E-state index in [1.165, 1.54) is 0 Å². The number of para-hydroxylation sites is 2. The van der Waals surface area contributed by atoms with E-state index >= 15 is 0 Å². The normalized spacial score (nSPS) is 13.1. The van der Waals surface area contributed by atoms with Gasteiger partial charge in [-0.25, -0.2) is 9.59 Å². The zero-order valence-corrected chi connectivity index (χ0v) is 35.3. The summed E-state index contributed by atoms with van der Waals surface area (Å²) >= 11 is 12.3. The number of urea groups is 1. The molecule has 0 saturated heterocycles. The molecule has 10 N–H and O–H groups in total. The second-order valence-corrected chi connectivity index (χ2v) is 15.9. The van der Waals surface area contributed by atoms with Gasteiger partial charge in [0.25, 0.3) is 0 Å². The number of ether oxygens (including phenoxy) is 1. The first-order valence-corrected chi connectivity index (χ1v) is 20.1. The number of nitrogens with two attached hydrogens (primary N) is 1. The molecule has 0 unspecified atom stereocenters. The highest BCUT2D eigenvalue weighted by atomic mass is 35.5. The molecule has 0 aliphatic carbocycles. The maximum absolute atomic E-state index is 14.1. The molecular formula is C42H50Cl2N8O9. The van der Waals surface area contributed by atoms with Crippen LogP contribution in [-0.4, -0.2) is 88.1 Å². The van der Waals surface area contributed by atoms with Gasteiger partial charge in [-0.2, -0.15) is 0 Å². The number of amides is 7. The Hall–Kier alpha value is -6.33. The van der Waals surface area contributed by atoms with Crippen molar-refractivity contribution < 1.29 is 43.4 Å². The van der Waals surface area contributed by atoms with Gasteiger partial charge >= 0.3 is 18.1 Å². The van der Waals surface area contributed by atoms with Crippen molar-refractivity contribution in [3.05, 3.63) is 100 Å². The third kappa shape index (κ3) is 15.3. The van der Waals surface area contributed by atoms with Crippen molar-refractivity contribution in [3.8, 4) is 0 Å². The zero-order valence-electron chi connectivity index (χ0n) is 33.8. The summed E-state index contributed by atoms with van der Waals surface area (Å²) in [6.07, 6.45) is 0.322. The van der Waals surface area contributed by atoms with Gasteiger partial charge in [-0.15, -0.1) is 0 Å². The lowest BCUT2D eigenvalue weighted by Crippen LogP contribution is -2.59. The first-order chi connectivity index (χ1) is 28.9. The van der Waals surface area contributed by atoms with Crippen LogP contribution in [0.4, 0.5) is 15.3 Å². The quantitative estimate of drug-likeness (QED) is 0.0563. The van der Waals surface area contributed by atoms with E-state index in [0.717, 1.165) is 10.9 Å². The summed E-state index contributed by atoms with van der Waals surface area (Å²) in [4.78, 5) is 94.7. The lowest BCUT2D eigenvalue weighted by Gasteiger charge is -2.27. The van der Waals surface area contributed by atoms with Crippen LogP contribution in [-0.2, 0) is 41.6 Å². The number of carboxylic acids is 1. The van der Waals surface area contributed by atoms with Crippen LogP contribution in [0.2, 0.25) is 10.0 Å². The Morgan fingerprint density at radius 1 is 0.738 bits per heavy atom. The van der Waals surface area contributed by atoms with Gasteiger partial charge in [0.15, 0.2) is 0 Å². The highest BCUT2D eigenvalue weighted by Crippen LogP contribution is 2.29. The molecule has 0 aliphatic rings. The van der Waals surface area contributed by atoms with Gasteiger partial charge in [0, 0.05) is 36.5 Å². The fraction of sp³-hybridized carbons (Fsp3) is 0.357. The van der Waals surface area contributed by atoms with Crippen molar-refractivity contribution in [1.82, 2.24) is 31.6 Å². The number of alkyl carbamates (subject to hydrolysis) is 1. The molecule has 4 aromatic rings. The monoisotopic (exact) mass is 880 g/mol. The number of carboxylic acid groups (broad SMARTS) is 1. The molecule has 0 spiro atoms. The molecule has 0 fully saturated rings. The minimum atomic E-state index is -1.70. The highest BCUT2D eigenvalue weighted by Gasteiger charge is 2.33. The Labute approximate surface area is 362 Å². The number of unbranched alkanes of at least 4 members (excludes halogenated alkanes) is 1. The summed E-state index contributed by atoms with van der Waals surface area (Å²) in [5.41, 5.74) is 7.00. The summed E-state index contributed by atoms with van der Waals surface area (Å²) in [6, 6.07) is 14.5. The van der Waals surface area contributed by atoms with E-state index in [-0.39, 0.29) is 54.4 Å². The van der Waals surface area contributed by atoms with E-state index in [1.807, 2.05) is 24.3 Å². The van der Waals surface area contributed by atoms with E-state index < -0.39 is 77.9 Å². The van der Waals surface area contributed by atoms with Crippen LogP contribution in [0.5, 0.6) is 0 Å². The topological polar surface area (TPSA) is 263 Å². The number of anilines is 1. The predicted octanol–water partition coefficient (Wildman–Crippen LogP) is 4.56. The minimum Gasteiger partial charge on any atom is -0.481 e. The van der Waals surface area contributed by atoms with Crippen LogP contribution < -0.4 is 37.6 Å². The first-order valence-electron chi connectivity index (χ1n) is 19.4. The van der Waals surface area contributed by atoms with Crippen molar-refractivity contribution in [2.75, 3.05) is 11.9 Å². The number of carbonyl (C=O) groups excluding carboxylic acids is 6. The Morgan fingerprint density at radius 2 is 1.34 bits per heavy atom. The summed E-state index contributed by atoms with van der Waals surface area (Å²) < 4.78 is 5.44. The first kappa shape index (κ1) is 47.3. The van der Waals surface area contributed by atoms with Crippen LogP contribution in [0.25, 0.3) is 10.9 Å². The Kier molecular flexibility index (Phi) is 17.3. The SMILES string of the molecule is CC(C)(C)OC(=O)N[C@@H](Cc1c[nH]c2ccccc12)C(=O)N[C@@H](CCCCNC(=O)Nc1c(Cl)cccc1Cl)C(=O)N[C@@H](CC(=O)O)C(=O)N[C@@H](Cc1ccccc1)C(N)=O. The number of hydrogen-bond donors (Lipinski definition) is 9. The average molecular weight is 882 g/mol. The van der Waals surface area contributed by atoms with Crippen LogP contribution in [0, 0.1) is 0 Å². The molecule has 1 heterocycles. The zero-order chi connectivity index (χ0) is 44.7. The molecule has 4 atom stereocenters. The number of aromatic nitrogens is 1. The minimum absolute atomic E-state index is 0.00567. The standard InChI is InChI=1S/C42H50Cl2N8O9/c1-42(2,3)61-41(60)51-32(21-25-23-47-29-17-8-7-14-26(25)29)38(57)48-30(18-9-10-19-46-40(59)52-35-27(43)15-11-16-28(35)44)37(56)50-33(22-34(53)54)39(58)49-31(36(45)55)20-24-12-5-4-6-13-24/h4-8,11-17,23,30-33,47H,9-10,18-22H2,1-3H3,(H2,45,55)(H,48,57)(H,49,58)(H,50,56)(H,51,60)(H,53,54)(H2,46,52,59)/t30-,31-,32-,33-/m0/s1. The number of hydrogen-bond acceptors (Lipinski definition) is 8. The van der Waals surface area contributed by atoms with Crippen molar-refractivity contribution in [2.45, 2.75) is 89.1 Å². The van der Waals surface area contributed by atoms with E-state index in [4.69, 9.17) is 33.7 Å². The summed E-state index contributed by atoms with van der Waals surface area (Å²) in [6.45, 7) is 5.08. The van der Waals surface area contributed by atoms with Crippen LogP contribution in [0.1, 0.15) is 57.6 Å². The van der Waals surface area contributed by atoms with Gasteiger partial charge in [0.1, 0.15) is 29.8 Å². The van der Waals surface area contributed by atoms with Crippen LogP contribution in [0.15, 0.2) is 79.0 Å². The molecular weight excluding hydrogens is 831 g/mol. The summed E-state index contributed by atoms with van der Waals surface area (Å²) in [7, 11) is 0. The van der Waals surface area contributed by atoms with Crippen molar-refractivity contribution in [3.63, 3.8) is 0 Å². The smallest absolute Gasteiger partial charge is 0.408 e. The van der Waals surface area contributed by atoms with Crippen LogP contribution in [0.3, 0.4) is 0 Å². The number of fused-ring (bicyclic) bond motifs is 1. The number of H-pyrrole nitrogens is 1. The molecule has 1 aromatic heterocycles. The van der Waals surface area contributed by atoms with Gasteiger partial charge < -0.3 is 52.5 Å². The Morgan fingerprint density at radius 3 is 2.00 bits per heavy atom. The molecule has 3 aromatic carbocycles. The second-order valence-electron chi connectivity index (χ2n) is 15.1. The van der Waals surface area contributed by atoms with Gasteiger partial charge in [0.2, 0.25) is 23.6 Å². The fourth-order valence-corrected chi connectivity index (χ4v) is 6.66. The molecule has 7 amide bonds. The third-order valence-corrected chi connectivity index (χ3v) is 9.73. The lowest BCUT2D eigenvalue weighted by molar-refractivity contribution is -0.141. The number of rotatable bonds is 20. The van der Waals surface area contributed by atoms with Gasteiger partial charge in [-0.1, -0.05) is 77.8 Å². The molecule has 0 bridgehead atoms. The molecule has 61 heavy (non-hydrogen) atoms. The molecule has 326 valence electrons. The second kappa shape index (κ2) is 22.3. The number of halogens is 2. The van der Waals surface area contributed by atoms with E-state index in [0.29, 0.717) is 11.1 Å². The van der Waals surface area contributed by atoms with Crippen LogP contribution >= 0.6 is 23.2 Å². The molecule has 4 rings (SSSR count). The van der Waals surface area contributed by atoms with Gasteiger partial charge in [-0.05, 0) is 69.4 Å².